The molecule has 15 aromatic carbocycles. The highest BCUT2D eigenvalue weighted by Gasteiger charge is 2.46. The van der Waals surface area contributed by atoms with Gasteiger partial charge >= 0.3 is 0 Å². The molecule has 0 atom stereocenters. The SMILES string of the molecule is CC(C)(C)c1cc(-c2cc3c4c(c2)N(c2c(-c5ccccc5)cc(C(C)(C)C)cc2-c2ccccc2)c2cc(-n5c6ccccc6c6cc(-n7c8ccccc8c8ccccc87)ccc65)ccc2B4c2ccc(-c4ccccc4)cc2N3c2cc(-c3ccccc3)cc(-c3ccccc3)c2)cc(C(C)(C)C)c1. The number of anilines is 6. The van der Waals surface area contributed by atoms with Crippen LogP contribution in [0.5, 0.6) is 0 Å². The fourth-order valence-electron chi connectivity index (χ4n) is 17.2. The molecule has 0 amide bonds. The van der Waals surface area contributed by atoms with Crippen LogP contribution < -0.4 is 26.2 Å². The lowest BCUT2D eigenvalue weighted by molar-refractivity contribution is 0.569. The van der Waals surface area contributed by atoms with Crippen molar-refractivity contribution in [2.45, 2.75) is 78.6 Å². The van der Waals surface area contributed by atoms with Crippen LogP contribution in [-0.2, 0) is 16.2 Å². The molecule has 2 aliphatic rings. The first-order valence-electron chi connectivity index (χ1n) is 37.8. The van der Waals surface area contributed by atoms with Gasteiger partial charge in [-0.15, -0.1) is 0 Å². The quantitative estimate of drug-likeness (QED) is 0.127. The number of hydrogen-bond acceptors (Lipinski definition) is 2. The van der Waals surface area contributed by atoms with E-state index in [9.17, 15) is 0 Å². The maximum Gasteiger partial charge on any atom is 0.252 e. The fraction of sp³-hybridized carbons (Fsp3) is 0.118. The van der Waals surface area contributed by atoms with E-state index in [1.165, 1.54) is 76.8 Å². The van der Waals surface area contributed by atoms with Crippen LogP contribution in [0.3, 0.4) is 0 Å². The molecule has 2 aromatic heterocycles. The molecule has 2 aliphatic heterocycles. The Morgan fingerprint density at radius 3 is 1.07 bits per heavy atom. The summed E-state index contributed by atoms with van der Waals surface area (Å²) in [5.74, 6) is 0. The first-order chi connectivity index (χ1) is 52.0. The van der Waals surface area contributed by atoms with Gasteiger partial charge in [0.2, 0.25) is 0 Å². The Hall–Kier alpha value is -12.4. The van der Waals surface area contributed by atoms with Crippen LogP contribution >= 0.6 is 0 Å². The zero-order valence-corrected chi connectivity index (χ0v) is 62.2. The summed E-state index contributed by atoms with van der Waals surface area (Å²) >= 11 is 0. The minimum atomic E-state index is -0.233. The van der Waals surface area contributed by atoms with Gasteiger partial charge in [0.1, 0.15) is 0 Å². The van der Waals surface area contributed by atoms with Crippen LogP contribution in [0.1, 0.15) is 79.0 Å². The van der Waals surface area contributed by atoms with E-state index in [-0.39, 0.29) is 23.0 Å². The van der Waals surface area contributed by atoms with E-state index in [1.54, 1.807) is 0 Å². The number of hydrogen-bond donors (Lipinski definition) is 0. The van der Waals surface area contributed by atoms with Gasteiger partial charge < -0.3 is 18.9 Å². The molecule has 0 saturated heterocycles. The summed E-state index contributed by atoms with van der Waals surface area (Å²) in [7, 11) is 0. The molecule has 5 heteroatoms. The van der Waals surface area contributed by atoms with Crippen molar-refractivity contribution in [3.8, 4) is 78.1 Å². The molecule has 17 aromatic rings. The minimum absolute atomic E-state index is 0.154. The summed E-state index contributed by atoms with van der Waals surface area (Å²) in [4.78, 5) is 5.39. The highest BCUT2D eigenvalue weighted by Crippen LogP contribution is 2.54. The molecule has 514 valence electrons. The van der Waals surface area contributed by atoms with Gasteiger partial charge in [0.15, 0.2) is 0 Å². The third-order valence-corrected chi connectivity index (χ3v) is 22.7. The topological polar surface area (TPSA) is 16.3 Å². The van der Waals surface area contributed by atoms with Crippen molar-refractivity contribution in [1.29, 1.82) is 0 Å². The second-order valence-electron chi connectivity index (χ2n) is 32.5. The van der Waals surface area contributed by atoms with Crippen LogP contribution in [-0.4, -0.2) is 15.8 Å². The Morgan fingerprint density at radius 2 is 0.579 bits per heavy atom. The number of fused-ring (bicyclic) bond motifs is 10. The van der Waals surface area contributed by atoms with Crippen molar-refractivity contribution in [2.75, 3.05) is 9.80 Å². The summed E-state index contributed by atoms with van der Waals surface area (Å²) in [6, 6.07) is 129. The summed E-state index contributed by atoms with van der Waals surface area (Å²) in [6.45, 7) is 21.0. The van der Waals surface area contributed by atoms with Gasteiger partial charge in [-0.25, -0.2) is 0 Å². The molecule has 0 radical (unpaired) electrons. The van der Waals surface area contributed by atoms with Crippen molar-refractivity contribution in [3.05, 3.63) is 356 Å². The molecule has 0 saturated carbocycles. The predicted octanol–water partition coefficient (Wildman–Crippen LogP) is 25.9. The minimum Gasteiger partial charge on any atom is -0.311 e. The molecule has 4 nitrogen and oxygen atoms in total. The highest BCUT2D eigenvalue weighted by molar-refractivity contribution is 7.00. The van der Waals surface area contributed by atoms with Gasteiger partial charge in [-0.2, -0.15) is 0 Å². The zero-order valence-electron chi connectivity index (χ0n) is 62.2. The molecular formula is C102H83BN4. The third kappa shape index (κ3) is 11.1. The van der Waals surface area contributed by atoms with Gasteiger partial charge in [0, 0.05) is 72.5 Å². The van der Waals surface area contributed by atoms with Crippen molar-refractivity contribution in [1.82, 2.24) is 9.13 Å². The summed E-state index contributed by atoms with van der Waals surface area (Å²) in [6.07, 6.45) is 0. The molecule has 0 bridgehead atoms. The largest absolute Gasteiger partial charge is 0.311 e. The molecule has 0 N–H and O–H groups in total. The van der Waals surface area contributed by atoms with Crippen molar-refractivity contribution in [3.63, 3.8) is 0 Å². The maximum atomic E-state index is 2.73. The lowest BCUT2D eigenvalue weighted by Crippen LogP contribution is -2.61. The van der Waals surface area contributed by atoms with Gasteiger partial charge in [0.25, 0.3) is 6.71 Å². The van der Waals surface area contributed by atoms with Crippen molar-refractivity contribution in [2.24, 2.45) is 0 Å². The number of para-hydroxylation sites is 3. The summed E-state index contributed by atoms with van der Waals surface area (Å²) in [5, 5.41) is 4.89. The molecule has 4 heterocycles. The van der Waals surface area contributed by atoms with E-state index in [0.29, 0.717) is 0 Å². The Labute approximate surface area is 628 Å². The molecule has 19 rings (SSSR count). The molecular weight excluding hydrogens is 1290 g/mol. The Kier molecular flexibility index (Phi) is 15.4. The van der Waals surface area contributed by atoms with Gasteiger partial charge in [-0.05, 0) is 202 Å². The van der Waals surface area contributed by atoms with E-state index >= 15 is 0 Å². The van der Waals surface area contributed by atoms with E-state index in [4.69, 9.17) is 0 Å². The second kappa shape index (κ2) is 25.1. The second-order valence-corrected chi connectivity index (χ2v) is 32.5. The van der Waals surface area contributed by atoms with E-state index in [2.05, 4.69) is 421 Å². The third-order valence-electron chi connectivity index (χ3n) is 22.7. The molecule has 0 unspecified atom stereocenters. The summed E-state index contributed by atoms with van der Waals surface area (Å²) in [5.41, 5.74) is 34.6. The van der Waals surface area contributed by atoms with Crippen molar-refractivity contribution < 1.29 is 0 Å². The van der Waals surface area contributed by atoms with Crippen LogP contribution in [0.25, 0.3) is 122 Å². The number of benzene rings is 15. The maximum absolute atomic E-state index is 2.73. The molecule has 0 fully saturated rings. The first kappa shape index (κ1) is 65.3. The van der Waals surface area contributed by atoms with Crippen molar-refractivity contribution >= 4 is 101 Å². The average Bonchev–Trinajstić information content (AvgIpc) is 1.18. The van der Waals surface area contributed by atoms with E-state index < -0.39 is 0 Å². The zero-order chi connectivity index (χ0) is 72.6. The van der Waals surface area contributed by atoms with Crippen LogP contribution in [0.15, 0.2) is 340 Å². The normalized spacial score (nSPS) is 12.9. The average molecular weight is 1380 g/mol. The van der Waals surface area contributed by atoms with Crippen LogP contribution in [0.4, 0.5) is 34.1 Å². The predicted molar refractivity (Wildman–Crippen MR) is 458 cm³/mol. The van der Waals surface area contributed by atoms with Gasteiger partial charge in [-0.1, -0.05) is 305 Å². The monoisotopic (exact) mass is 1370 g/mol. The lowest BCUT2D eigenvalue weighted by Gasteiger charge is -2.45. The number of rotatable bonds is 10. The van der Waals surface area contributed by atoms with Crippen LogP contribution in [0.2, 0.25) is 0 Å². The Bertz CT molecular complexity index is 6160. The van der Waals surface area contributed by atoms with Gasteiger partial charge in [-0.3, -0.25) is 0 Å². The fourth-order valence-corrected chi connectivity index (χ4v) is 17.2. The number of nitrogens with zero attached hydrogens (tertiary/aromatic N) is 4. The number of aromatic nitrogens is 2. The highest BCUT2D eigenvalue weighted by atomic mass is 15.2. The Balaban J connectivity index is 0.969. The molecule has 107 heavy (non-hydrogen) atoms. The lowest BCUT2D eigenvalue weighted by atomic mass is 9.33. The van der Waals surface area contributed by atoms with E-state index in [0.717, 1.165) is 112 Å². The first-order valence-corrected chi connectivity index (χ1v) is 37.8. The molecule has 0 spiro atoms. The van der Waals surface area contributed by atoms with Gasteiger partial charge in [0.05, 0.1) is 27.8 Å². The van der Waals surface area contributed by atoms with Crippen LogP contribution in [0, 0.1) is 0 Å². The summed E-state index contributed by atoms with van der Waals surface area (Å²) < 4.78 is 4.98. The standard InChI is InChI=1S/C102H83BN4/c1-100(2,3)76-54-74(55-77(61-76)101(4,5)6)75-59-96-98-97(60-75)107(99-85(69-37-21-13-22-38-69)62-78(102(7,8)9)63-86(99)70-39-23-14-24-40-70)95-65-80(105-92-46-30-27-43-84(92)87-64-79(49-52-93(87)105)104-90-44-28-25-41-82(90)83-42-26-29-45-91(83)104)48-51-89(95)103(98)88-50-47-71(66-31-15-10-16-32-66)58-94(88)106(96)81-56-72(67-33-17-11-18-34-67)53-73(57-81)68-35-19-12-20-36-68/h10-65H,1-9H3. The smallest absolute Gasteiger partial charge is 0.252 e. The van der Waals surface area contributed by atoms with E-state index in [1.807, 2.05) is 0 Å². The Morgan fingerprint density at radius 1 is 0.224 bits per heavy atom. The molecule has 0 aliphatic carbocycles.